The first kappa shape index (κ1) is 15.5. The minimum Gasteiger partial charge on any atom is -0.481 e. The average molecular weight is 293 g/mol. The van der Waals surface area contributed by atoms with Crippen molar-refractivity contribution in [1.82, 2.24) is 15.1 Å². The molecule has 21 heavy (non-hydrogen) atoms. The van der Waals surface area contributed by atoms with Crippen LogP contribution in [0.15, 0.2) is 6.07 Å². The molecule has 2 rings (SSSR count). The number of nitrogens with one attached hydrogen (secondary N) is 1. The molecule has 6 nitrogen and oxygen atoms in total. The molecule has 1 atom stereocenters. The number of piperidine rings is 1. The lowest BCUT2D eigenvalue weighted by molar-refractivity contribution is -0.137. The van der Waals surface area contributed by atoms with Crippen molar-refractivity contribution < 1.29 is 14.7 Å². The lowest BCUT2D eigenvalue weighted by atomic mass is 9.97. The average Bonchev–Trinajstić information content (AvgIpc) is 2.94. The molecule has 0 radical (unpaired) electrons. The van der Waals surface area contributed by atoms with E-state index in [2.05, 4.69) is 10.2 Å². The Bertz CT molecular complexity index is 510. The van der Waals surface area contributed by atoms with Crippen LogP contribution in [-0.2, 0) is 4.79 Å². The van der Waals surface area contributed by atoms with E-state index < -0.39 is 5.97 Å². The van der Waals surface area contributed by atoms with Crippen LogP contribution in [0.25, 0.3) is 0 Å². The van der Waals surface area contributed by atoms with Crippen LogP contribution in [0, 0.1) is 0 Å². The van der Waals surface area contributed by atoms with Crippen LogP contribution in [0.5, 0.6) is 0 Å². The number of carboxylic acid groups (broad SMARTS) is 1. The van der Waals surface area contributed by atoms with Crippen molar-refractivity contribution in [1.29, 1.82) is 0 Å². The Balaban J connectivity index is 2.08. The van der Waals surface area contributed by atoms with Gasteiger partial charge in [-0.25, -0.2) is 0 Å². The van der Waals surface area contributed by atoms with Crippen molar-refractivity contribution in [2.45, 2.75) is 57.9 Å². The molecule has 1 amide bonds. The van der Waals surface area contributed by atoms with E-state index in [1.165, 1.54) is 0 Å². The molecular formula is C15H23N3O3. The Morgan fingerprint density at radius 2 is 2.24 bits per heavy atom. The van der Waals surface area contributed by atoms with Crippen molar-refractivity contribution in [2.24, 2.45) is 0 Å². The van der Waals surface area contributed by atoms with Crippen LogP contribution in [0.3, 0.4) is 0 Å². The van der Waals surface area contributed by atoms with Gasteiger partial charge in [-0.15, -0.1) is 0 Å². The summed E-state index contributed by atoms with van der Waals surface area (Å²) in [5.74, 6) is -0.605. The Morgan fingerprint density at radius 3 is 2.86 bits per heavy atom. The summed E-state index contributed by atoms with van der Waals surface area (Å²) in [4.78, 5) is 25.1. The van der Waals surface area contributed by atoms with E-state index in [1.54, 1.807) is 11.0 Å². The topological polar surface area (TPSA) is 86.3 Å². The van der Waals surface area contributed by atoms with E-state index in [1.807, 2.05) is 13.8 Å². The predicted molar refractivity (Wildman–Crippen MR) is 78.2 cm³/mol. The standard InChI is InChI=1S/C15H23N3O3/c1-10(2)12-9-13(17-16-12)15(21)18-8-4-3-5-11(18)6-7-14(19)20/h9-11H,3-8H2,1-2H3,(H,16,17)(H,19,20)/t11-/m0/s1. The Labute approximate surface area is 124 Å². The van der Waals surface area contributed by atoms with Gasteiger partial charge in [0, 0.05) is 24.7 Å². The van der Waals surface area contributed by atoms with Gasteiger partial charge in [-0.1, -0.05) is 13.8 Å². The van der Waals surface area contributed by atoms with Gasteiger partial charge in [-0.05, 0) is 37.7 Å². The minimum absolute atomic E-state index is 0.0153. The zero-order chi connectivity index (χ0) is 15.4. The number of carbonyl (C=O) groups is 2. The van der Waals surface area contributed by atoms with Crippen LogP contribution >= 0.6 is 0 Å². The third kappa shape index (κ3) is 3.83. The number of aromatic amines is 1. The number of hydrogen-bond donors (Lipinski definition) is 2. The number of hydrogen-bond acceptors (Lipinski definition) is 3. The second kappa shape index (κ2) is 6.74. The van der Waals surface area contributed by atoms with Gasteiger partial charge in [0.15, 0.2) is 0 Å². The molecule has 1 aliphatic rings. The number of amides is 1. The van der Waals surface area contributed by atoms with Gasteiger partial charge in [0.1, 0.15) is 5.69 Å². The molecule has 0 aromatic carbocycles. The third-order valence-corrected chi connectivity index (χ3v) is 4.02. The quantitative estimate of drug-likeness (QED) is 0.872. The van der Waals surface area contributed by atoms with Gasteiger partial charge in [-0.3, -0.25) is 14.7 Å². The van der Waals surface area contributed by atoms with Crippen molar-refractivity contribution in [2.75, 3.05) is 6.54 Å². The second-order valence-electron chi connectivity index (χ2n) is 5.94. The maximum absolute atomic E-state index is 12.6. The fourth-order valence-corrected chi connectivity index (χ4v) is 2.75. The van der Waals surface area contributed by atoms with Crippen LogP contribution < -0.4 is 0 Å². The van der Waals surface area contributed by atoms with Crippen molar-refractivity contribution in [3.8, 4) is 0 Å². The summed E-state index contributed by atoms with van der Waals surface area (Å²) in [5.41, 5.74) is 1.37. The Morgan fingerprint density at radius 1 is 1.48 bits per heavy atom. The molecule has 0 bridgehead atoms. The van der Waals surface area contributed by atoms with E-state index in [-0.39, 0.29) is 18.4 Å². The SMILES string of the molecule is CC(C)c1cc(C(=O)N2CCCC[C@H]2CCC(=O)O)n[nH]1. The Kier molecular flexibility index (Phi) is 4.98. The smallest absolute Gasteiger partial charge is 0.303 e. The van der Waals surface area contributed by atoms with Crippen molar-refractivity contribution in [3.05, 3.63) is 17.5 Å². The van der Waals surface area contributed by atoms with Gasteiger partial charge in [-0.2, -0.15) is 5.10 Å². The highest BCUT2D eigenvalue weighted by Crippen LogP contribution is 2.23. The fourth-order valence-electron chi connectivity index (χ4n) is 2.75. The second-order valence-corrected chi connectivity index (χ2v) is 5.94. The molecule has 1 saturated heterocycles. The molecule has 1 aromatic rings. The van der Waals surface area contributed by atoms with Gasteiger partial charge in [0.05, 0.1) is 0 Å². The number of aliphatic carboxylic acids is 1. The molecule has 0 aliphatic carbocycles. The number of likely N-dealkylation sites (tertiary alicyclic amines) is 1. The summed E-state index contributed by atoms with van der Waals surface area (Å²) in [6, 6.07) is 1.82. The highest BCUT2D eigenvalue weighted by Gasteiger charge is 2.29. The van der Waals surface area contributed by atoms with E-state index in [4.69, 9.17) is 5.11 Å². The van der Waals surface area contributed by atoms with Crippen LogP contribution in [0.2, 0.25) is 0 Å². The molecule has 6 heteroatoms. The van der Waals surface area contributed by atoms with E-state index in [9.17, 15) is 9.59 Å². The fraction of sp³-hybridized carbons (Fsp3) is 0.667. The maximum atomic E-state index is 12.6. The minimum atomic E-state index is -0.810. The molecule has 116 valence electrons. The van der Waals surface area contributed by atoms with Crippen LogP contribution in [0.1, 0.15) is 68.1 Å². The zero-order valence-electron chi connectivity index (χ0n) is 12.6. The highest BCUT2D eigenvalue weighted by atomic mass is 16.4. The zero-order valence-corrected chi connectivity index (χ0v) is 12.6. The van der Waals surface area contributed by atoms with Gasteiger partial charge in [0.25, 0.3) is 5.91 Å². The summed E-state index contributed by atoms with van der Waals surface area (Å²) in [7, 11) is 0. The molecule has 0 spiro atoms. The molecule has 2 heterocycles. The third-order valence-electron chi connectivity index (χ3n) is 4.02. The summed E-state index contributed by atoms with van der Waals surface area (Å²) in [6.45, 7) is 4.77. The molecule has 2 N–H and O–H groups in total. The van der Waals surface area contributed by atoms with E-state index >= 15 is 0 Å². The highest BCUT2D eigenvalue weighted by molar-refractivity contribution is 5.92. The van der Waals surface area contributed by atoms with Gasteiger partial charge in [0.2, 0.25) is 0 Å². The van der Waals surface area contributed by atoms with E-state index in [0.29, 0.717) is 24.6 Å². The molecule has 0 saturated carbocycles. The first-order valence-corrected chi connectivity index (χ1v) is 7.57. The summed E-state index contributed by atoms with van der Waals surface area (Å²) < 4.78 is 0. The molecule has 1 fully saturated rings. The summed E-state index contributed by atoms with van der Waals surface area (Å²) >= 11 is 0. The van der Waals surface area contributed by atoms with E-state index in [0.717, 1.165) is 25.0 Å². The van der Waals surface area contributed by atoms with Crippen LogP contribution in [-0.4, -0.2) is 44.7 Å². The maximum Gasteiger partial charge on any atom is 0.303 e. The number of nitrogens with zero attached hydrogens (tertiary/aromatic N) is 2. The van der Waals surface area contributed by atoms with Gasteiger partial charge < -0.3 is 10.0 Å². The number of aromatic nitrogens is 2. The first-order valence-electron chi connectivity index (χ1n) is 7.57. The summed E-state index contributed by atoms with van der Waals surface area (Å²) in [5, 5.41) is 15.8. The Hall–Kier alpha value is -1.85. The largest absolute Gasteiger partial charge is 0.481 e. The number of H-pyrrole nitrogens is 1. The molecule has 1 aromatic heterocycles. The van der Waals surface area contributed by atoms with Crippen LogP contribution in [0.4, 0.5) is 0 Å². The van der Waals surface area contributed by atoms with Crippen molar-refractivity contribution >= 4 is 11.9 Å². The number of rotatable bonds is 5. The predicted octanol–water partition coefficient (Wildman–Crippen LogP) is 2.39. The lowest BCUT2D eigenvalue weighted by Gasteiger charge is -2.35. The summed E-state index contributed by atoms with van der Waals surface area (Å²) in [6.07, 6.45) is 3.51. The molecular weight excluding hydrogens is 270 g/mol. The monoisotopic (exact) mass is 293 g/mol. The van der Waals surface area contributed by atoms with Gasteiger partial charge >= 0.3 is 5.97 Å². The lowest BCUT2D eigenvalue weighted by Crippen LogP contribution is -2.44. The number of carboxylic acids is 1. The number of carbonyl (C=O) groups excluding carboxylic acids is 1. The molecule has 0 unspecified atom stereocenters. The normalized spacial score (nSPS) is 19.0. The molecule has 1 aliphatic heterocycles. The van der Waals surface area contributed by atoms with Crippen molar-refractivity contribution in [3.63, 3.8) is 0 Å². The first-order chi connectivity index (χ1) is 9.99.